The van der Waals surface area contributed by atoms with Gasteiger partial charge in [0, 0.05) is 49.9 Å². The van der Waals surface area contributed by atoms with E-state index in [0.717, 1.165) is 4.90 Å². The third kappa shape index (κ3) is 6.71. The number of carbonyl (C=O) groups excluding carboxylic acids is 6. The van der Waals surface area contributed by atoms with Crippen LogP contribution in [0.4, 0.5) is 0 Å². The van der Waals surface area contributed by atoms with Crippen LogP contribution in [0.25, 0.3) is 0 Å². The minimum Gasteiger partial charge on any atom is -0.380 e. The Labute approximate surface area is 186 Å². The number of hydrogen-bond donors (Lipinski definition) is 1. The summed E-state index contributed by atoms with van der Waals surface area (Å²) in [6.45, 7) is 7.33. The first-order valence-corrected chi connectivity index (χ1v) is 10.3. The summed E-state index contributed by atoms with van der Waals surface area (Å²) in [5, 5.41) is 3.25. The van der Waals surface area contributed by atoms with Gasteiger partial charge in [0.05, 0.1) is 18.6 Å². The number of rotatable bonds is 11. The average Bonchev–Trinajstić information content (AvgIpc) is 3.19. The maximum atomic E-state index is 12.3. The van der Waals surface area contributed by atoms with Gasteiger partial charge >= 0.3 is 5.97 Å². The van der Waals surface area contributed by atoms with E-state index in [9.17, 15) is 28.8 Å². The van der Waals surface area contributed by atoms with Gasteiger partial charge in [-0.05, 0) is 13.8 Å². The molecular weight excluding hydrogens is 422 g/mol. The lowest BCUT2D eigenvalue weighted by atomic mass is 9.93. The predicted molar refractivity (Wildman–Crippen MR) is 109 cm³/mol. The standard InChI is InChI=1S/C21H29N3O8/c1-20(2,11-22-14(25)9-10-23-15(26)5-6-16(23)27)12-31-13-21(3,4)19(30)32-24-17(28)7-8-18(24)29/h5-6H,7-13H2,1-4H3,(H,22,25). The molecule has 176 valence electrons. The lowest BCUT2D eigenvalue weighted by Crippen LogP contribution is -2.41. The maximum Gasteiger partial charge on any atom is 0.341 e. The van der Waals surface area contributed by atoms with Crippen molar-refractivity contribution in [1.82, 2.24) is 15.3 Å². The molecule has 0 saturated carbocycles. The van der Waals surface area contributed by atoms with Gasteiger partial charge in [-0.2, -0.15) is 0 Å². The molecule has 1 saturated heterocycles. The average molecular weight is 451 g/mol. The molecule has 1 N–H and O–H groups in total. The Balaban J connectivity index is 1.71. The smallest absolute Gasteiger partial charge is 0.341 e. The zero-order valence-electron chi connectivity index (χ0n) is 18.8. The zero-order valence-corrected chi connectivity index (χ0v) is 18.8. The van der Waals surface area contributed by atoms with Crippen molar-refractivity contribution in [3.63, 3.8) is 0 Å². The number of nitrogens with zero attached hydrogens (tertiary/aromatic N) is 2. The van der Waals surface area contributed by atoms with E-state index in [-0.39, 0.29) is 51.5 Å². The van der Waals surface area contributed by atoms with Gasteiger partial charge in [-0.3, -0.25) is 28.9 Å². The largest absolute Gasteiger partial charge is 0.380 e. The van der Waals surface area contributed by atoms with Crippen molar-refractivity contribution in [3.05, 3.63) is 12.2 Å². The van der Waals surface area contributed by atoms with Crippen LogP contribution in [0.15, 0.2) is 12.2 Å². The Morgan fingerprint density at radius 3 is 2.09 bits per heavy atom. The van der Waals surface area contributed by atoms with E-state index < -0.39 is 40.4 Å². The van der Waals surface area contributed by atoms with E-state index >= 15 is 0 Å². The quantitative estimate of drug-likeness (QED) is 0.436. The van der Waals surface area contributed by atoms with Gasteiger partial charge in [0.1, 0.15) is 0 Å². The summed E-state index contributed by atoms with van der Waals surface area (Å²) in [7, 11) is 0. The molecule has 11 heteroatoms. The van der Waals surface area contributed by atoms with E-state index in [4.69, 9.17) is 9.57 Å². The third-order valence-corrected chi connectivity index (χ3v) is 4.92. The lowest BCUT2D eigenvalue weighted by Gasteiger charge is -2.28. The Kier molecular flexibility index (Phi) is 7.89. The molecule has 0 aromatic heterocycles. The highest BCUT2D eigenvalue weighted by Gasteiger charge is 2.38. The van der Waals surface area contributed by atoms with Crippen molar-refractivity contribution in [2.24, 2.45) is 10.8 Å². The van der Waals surface area contributed by atoms with Crippen LogP contribution in [0.5, 0.6) is 0 Å². The number of hydrogen-bond acceptors (Lipinski definition) is 8. The lowest BCUT2D eigenvalue weighted by molar-refractivity contribution is -0.206. The minimum absolute atomic E-state index is 0.00571. The molecule has 0 aliphatic carbocycles. The molecule has 0 spiro atoms. The van der Waals surface area contributed by atoms with Gasteiger partial charge in [-0.1, -0.05) is 13.8 Å². The van der Waals surface area contributed by atoms with E-state index in [1.807, 2.05) is 13.8 Å². The van der Waals surface area contributed by atoms with Crippen LogP contribution in [0.1, 0.15) is 47.0 Å². The van der Waals surface area contributed by atoms with Gasteiger partial charge in [0.15, 0.2) is 0 Å². The first kappa shape index (κ1) is 25.2. The van der Waals surface area contributed by atoms with Crippen LogP contribution in [-0.4, -0.2) is 71.8 Å². The Morgan fingerprint density at radius 1 is 0.969 bits per heavy atom. The number of amides is 5. The fraction of sp³-hybridized carbons (Fsp3) is 0.619. The summed E-state index contributed by atoms with van der Waals surface area (Å²) in [4.78, 5) is 76.5. The molecule has 2 heterocycles. The number of nitrogens with one attached hydrogen (secondary N) is 1. The number of ether oxygens (including phenoxy) is 1. The number of carbonyl (C=O) groups is 6. The first-order valence-electron chi connectivity index (χ1n) is 10.3. The van der Waals surface area contributed by atoms with Gasteiger partial charge in [-0.15, -0.1) is 5.06 Å². The molecule has 2 rings (SSSR count). The van der Waals surface area contributed by atoms with Crippen LogP contribution < -0.4 is 5.32 Å². The molecule has 0 bridgehead atoms. The van der Waals surface area contributed by atoms with E-state index in [1.165, 1.54) is 12.2 Å². The molecule has 0 aromatic carbocycles. The van der Waals surface area contributed by atoms with Crippen LogP contribution in [0, 0.1) is 10.8 Å². The predicted octanol–water partition coefficient (Wildman–Crippen LogP) is 0.0939. The molecule has 32 heavy (non-hydrogen) atoms. The summed E-state index contributed by atoms with van der Waals surface area (Å²) in [5.74, 6) is -3.03. The minimum atomic E-state index is -1.11. The first-order chi connectivity index (χ1) is 14.8. The number of imide groups is 2. The highest BCUT2D eigenvalue weighted by molar-refractivity contribution is 6.13. The van der Waals surface area contributed by atoms with Crippen molar-refractivity contribution in [2.75, 3.05) is 26.3 Å². The molecular formula is C21H29N3O8. The summed E-state index contributed by atoms with van der Waals surface area (Å²) in [5.41, 5.74) is -1.58. The maximum absolute atomic E-state index is 12.3. The normalized spacial score (nSPS) is 16.9. The second-order valence-electron chi connectivity index (χ2n) is 9.19. The fourth-order valence-corrected chi connectivity index (χ4v) is 2.85. The van der Waals surface area contributed by atoms with E-state index in [1.54, 1.807) is 13.8 Å². The fourth-order valence-electron chi connectivity index (χ4n) is 2.85. The molecule has 0 unspecified atom stereocenters. The number of hydroxylamine groups is 2. The highest BCUT2D eigenvalue weighted by Crippen LogP contribution is 2.23. The molecule has 1 fully saturated rings. The Bertz CT molecular complexity index is 812. The molecule has 11 nitrogen and oxygen atoms in total. The van der Waals surface area contributed by atoms with Crippen LogP contribution in [-0.2, 0) is 38.3 Å². The Morgan fingerprint density at radius 2 is 1.53 bits per heavy atom. The monoisotopic (exact) mass is 451 g/mol. The Hall–Kier alpha value is -3.08. The van der Waals surface area contributed by atoms with Crippen molar-refractivity contribution < 1.29 is 38.3 Å². The van der Waals surface area contributed by atoms with Gasteiger partial charge in [0.2, 0.25) is 5.91 Å². The van der Waals surface area contributed by atoms with Gasteiger partial charge in [-0.25, -0.2) is 4.79 Å². The van der Waals surface area contributed by atoms with Crippen LogP contribution in [0.2, 0.25) is 0 Å². The van der Waals surface area contributed by atoms with Crippen LogP contribution >= 0.6 is 0 Å². The third-order valence-electron chi connectivity index (χ3n) is 4.92. The second kappa shape index (κ2) is 10.0. The van der Waals surface area contributed by atoms with E-state index in [2.05, 4.69) is 5.32 Å². The van der Waals surface area contributed by atoms with Gasteiger partial charge < -0.3 is 14.9 Å². The highest BCUT2D eigenvalue weighted by atomic mass is 16.7. The zero-order chi connectivity index (χ0) is 24.1. The molecule has 0 atom stereocenters. The van der Waals surface area contributed by atoms with Crippen molar-refractivity contribution in [2.45, 2.75) is 47.0 Å². The van der Waals surface area contributed by atoms with Gasteiger partial charge in [0.25, 0.3) is 23.6 Å². The molecule has 5 amide bonds. The SMILES string of the molecule is CC(C)(CNC(=O)CCN1C(=O)C=CC1=O)COCC(C)(C)C(=O)ON1C(=O)CCC1=O. The van der Waals surface area contributed by atoms with E-state index in [0.29, 0.717) is 5.06 Å². The van der Waals surface area contributed by atoms with Crippen molar-refractivity contribution in [3.8, 4) is 0 Å². The molecule has 2 aliphatic rings. The molecule has 0 aromatic rings. The summed E-state index contributed by atoms with van der Waals surface area (Å²) >= 11 is 0. The molecule has 0 radical (unpaired) electrons. The summed E-state index contributed by atoms with van der Waals surface area (Å²) in [6.07, 6.45) is 2.36. The second-order valence-corrected chi connectivity index (χ2v) is 9.19. The topological polar surface area (TPSA) is 139 Å². The van der Waals surface area contributed by atoms with Crippen molar-refractivity contribution >= 4 is 35.5 Å². The van der Waals surface area contributed by atoms with Crippen LogP contribution in [0.3, 0.4) is 0 Å². The summed E-state index contributed by atoms with van der Waals surface area (Å²) in [6, 6.07) is 0. The molecule has 2 aliphatic heterocycles. The van der Waals surface area contributed by atoms with Crippen molar-refractivity contribution in [1.29, 1.82) is 0 Å². The summed E-state index contributed by atoms with van der Waals surface area (Å²) < 4.78 is 5.66.